The van der Waals surface area contributed by atoms with Crippen molar-refractivity contribution in [2.24, 2.45) is 0 Å². The van der Waals surface area contributed by atoms with E-state index in [4.69, 9.17) is 16.0 Å². The summed E-state index contributed by atoms with van der Waals surface area (Å²) in [6, 6.07) is 11.3. The Kier molecular flexibility index (Phi) is 6.01. The minimum Gasteiger partial charge on any atom is -0.469 e. The van der Waals surface area contributed by atoms with E-state index in [1.807, 2.05) is 43.3 Å². The Balaban J connectivity index is 1.76. The Hall–Kier alpha value is -2.53. The summed E-state index contributed by atoms with van der Waals surface area (Å²) >= 11 is 6.11. The van der Waals surface area contributed by atoms with Crippen LogP contribution >= 0.6 is 11.6 Å². The summed E-state index contributed by atoms with van der Waals surface area (Å²) in [6.07, 6.45) is 4.88. The third-order valence-corrected chi connectivity index (χ3v) is 4.67. The van der Waals surface area contributed by atoms with Crippen LogP contribution in [-0.4, -0.2) is 21.7 Å². The molecule has 0 aliphatic rings. The molecule has 0 radical (unpaired) electrons. The quantitative estimate of drug-likeness (QED) is 0.623. The molecule has 1 N–H and O–H groups in total. The average molecular weight is 386 g/mol. The van der Waals surface area contributed by atoms with Gasteiger partial charge in [0.05, 0.1) is 29.4 Å². The molecule has 0 aliphatic heterocycles. The zero-order valence-corrected chi connectivity index (χ0v) is 16.5. The normalized spacial score (nSPS) is 12.3. The number of nitrogens with one attached hydrogen (secondary N) is 1. The minimum atomic E-state index is -0.112. The van der Waals surface area contributed by atoms with Crippen molar-refractivity contribution in [3.05, 3.63) is 70.9 Å². The first-order valence-corrected chi connectivity index (χ1v) is 9.50. The van der Waals surface area contributed by atoms with Crippen molar-refractivity contribution in [3.63, 3.8) is 0 Å². The van der Waals surface area contributed by atoms with Gasteiger partial charge >= 0.3 is 0 Å². The van der Waals surface area contributed by atoms with E-state index in [2.05, 4.69) is 24.3 Å². The lowest BCUT2D eigenvalue weighted by Gasteiger charge is -2.16. The molecule has 0 saturated carbocycles. The van der Waals surface area contributed by atoms with Crippen molar-refractivity contribution in [3.8, 4) is 5.69 Å². The molecule has 3 aromatic rings. The first-order chi connectivity index (χ1) is 13.0. The molecule has 142 valence electrons. The second kappa shape index (κ2) is 8.44. The average Bonchev–Trinajstić information content (AvgIpc) is 3.29. The van der Waals surface area contributed by atoms with Crippen LogP contribution in [0.25, 0.3) is 5.69 Å². The monoisotopic (exact) mass is 385 g/mol. The maximum Gasteiger partial charge on any atom is 0.254 e. The van der Waals surface area contributed by atoms with Gasteiger partial charge in [0.1, 0.15) is 5.76 Å². The summed E-state index contributed by atoms with van der Waals surface area (Å²) in [5.74, 6) is 0.942. The fraction of sp³-hybridized carbons (Fsp3) is 0.333. The van der Waals surface area contributed by atoms with Crippen molar-refractivity contribution in [2.45, 2.75) is 45.6 Å². The molecule has 0 aliphatic carbocycles. The van der Waals surface area contributed by atoms with Crippen molar-refractivity contribution in [1.29, 1.82) is 0 Å². The number of furan rings is 1. The molecule has 0 saturated heterocycles. The summed E-state index contributed by atoms with van der Waals surface area (Å²) in [5, 5.41) is 8.15. The number of hydrogen-bond acceptors (Lipinski definition) is 3. The van der Waals surface area contributed by atoms with Gasteiger partial charge in [-0.1, -0.05) is 31.5 Å². The van der Waals surface area contributed by atoms with E-state index in [1.165, 1.54) is 0 Å². The molecule has 0 spiro atoms. The van der Waals surface area contributed by atoms with Crippen LogP contribution in [0.2, 0.25) is 5.02 Å². The van der Waals surface area contributed by atoms with Gasteiger partial charge in [0.25, 0.3) is 5.91 Å². The summed E-state index contributed by atoms with van der Waals surface area (Å²) in [5.41, 5.74) is 2.30. The lowest BCUT2D eigenvalue weighted by molar-refractivity contribution is 0.0936. The molecule has 3 rings (SSSR count). The van der Waals surface area contributed by atoms with Crippen LogP contribution in [-0.2, 0) is 6.42 Å². The number of carbonyl (C=O) groups excluding carboxylic acids is 1. The van der Waals surface area contributed by atoms with Crippen LogP contribution in [0, 0.1) is 0 Å². The molecule has 5 nitrogen and oxygen atoms in total. The molecule has 1 aromatic carbocycles. The van der Waals surface area contributed by atoms with Gasteiger partial charge in [0.2, 0.25) is 0 Å². The Labute approximate surface area is 164 Å². The van der Waals surface area contributed by atoms with Crippen LogP contribution in [0.5, 0.6) is 0 Å². The number of aryl methyl sites for hydroxylation is 1. The van der Waals surface area contributed by atoms with E-state index in [1.54, 1.807) is 17.1 Å². The number of benzene rings is 1. The lowest BCUT2D eigenvalue weighted by Crippen LogP contribution is -2.33. The van der Waals surface area contributed by atoms with Gasteiger partial charge in [-0.15, -0.1) is 0 Å². The first kappa shape index (κ1) is 19.2. The van der Waals surface area contributed by atoms with E-state index in [-0.39, 0.29) is 17.9 Å². The molecule has 0 unspecified atom stereocenters. The second-order valence-corrected chi connectivity index (χ2v) is 7.42. The number of rotatable bonds is 7. The fourth-order valence-electron chi connectivity index (χ4n) is 3.09. The van der Waals surface area contributed by atoms with Gasteiger partial charge in [-0.25, -0.2) is 4.68 Å². The molecule has 6 heteroatoms. The Bertz CT molecular complexity index is 900. The van der Waals surface area contributed by atoms with Gasteiger partial charge in [-0.3, -0.25) is 4.79 Å². The number of hydrogen-bond donors (Lipinski definition) is 1. The smallest absolute Gasteiger partial charge is 0.254 e. The number of amides is 1. The summed E-state index contributed by atoms with van der Waals surface area (Å²) in [4.78, 5) is 12.8. The Morgan fingerprint density at radius 1 is 1.26 bits per heavy atom. The van der Waals surface area contributed by atoms with Gasteiger partial charge in [-0.2, -0.15) is 5.10 Å². The van der Waals surface area contributed by atoms with Crippen molar-refractivity contribution >= 4 is 17.5 Å². The van der Waals surface area contributed by atoms with Crippen molar-refractivity contribution in [1.82, 2.24) is 15.1 Å². The lowest BCUT2D eigenvalue weighted by atomic mass is 10.0. The molecule has 1 amide bonds. The zero-order chi connectivity index (χ0) is 19.4. The highest BCUT2D eigenvalue weighted by Crippen LogP contribution is 2.24. The van der Waals surface area contributed by atoms with Crippen LogP contribution in [0.1, 0.15) is 54.9 Å². The molecule has 2 heterocycles. The zero-order valence-electron chi connectivity index (χ0n) is 15.8. The largest absolute Gasteiger partial charge is 0.469 e. The molecule has 2 aromatic heterocycles. The van der Waals surface area contributed by atoms with Crippen LogP contribution in [0.15, 0.2) is 53.3 Å². The summed E-state index contributed by atoms with van der Waals surface area (Å²) in [7, 11) is 0. The van der Waals surface area contributed by atoms with Crippen molar-refractivity contribution in [2.75, 3.05) is 0 Å². The molecular formula is C21H24ClN3O2. The third-order valence-electron chi connectivity index (χ3n) is 4.43. The van der Waals surface area contributed by atoms with Crippen LogP contribution < -0.4 is 5.32 Å². The van der Waals surface area contributed by atoms with Gasteiger partial charge in [-0.05, 0) is 49.6 Å². The highest BCUT2D eigenvalue weighted by atomic mass is 35.5. The maximum absolute atomic E-state index is 12.8. The number of carbonyl (C=O) groups is 1. The molecule has 27 heavy (non-hydrogen) atoms. The van der Waals surface area contributed by atoms with E-state index in [9.17, 15) is 4.79 Å². The summed E-state index contributed by atoms with van der Waals surface area (Å²) < 4.78 is 7.14. The molecule has 1 atom stereocenters. The van der Waals surface area contributed by atoms with Crippen LogP contribution in [0.4, 0.5) is 0 Å². The Morgan fingerprint density at radius 2 is 2.07 bits per heavy atom. The van der Waals surface area contributed by atoms with Gasteiger partial charge < -0.3 is 9.73 Å². The van der Waals surface area contributed by atoms with Gasteiger partial charge in [0.15, 0.2) is 0 Å². The highest BCUT2D eigenvalue weighted by molar-refractivity contribution is 6.30. The molecule has 0 fully saturated rings. The van der Waals surface area contributed by atoms with Crippen molar-refractivity contribution < 1.29 is 9.21 Å². The maximum atomic E-state index is 12.8. The highest BCUT2D eigenvalue weighted by Gasteiger charge is 2.22. The number of aromatic nitrogens is 2. The number of halogens is 1. The minimum absolute atomic E-state index is 0.0251. The number of nitrogens with zero attached hydrogens (tertiary/aromatic N) is 2. The molecule has 0 bridgehead atoms. The molecular weight excluding hydrogens is 362 g/mol. The van der Waals surface area contributed by atoms with Gasteiger partial charge in [0, 0.05) is 17.5 Å². The van der Waals surface area contributed by atoms with E-state index in [0.717, 1.165) is 30.0 Å². The predicted molar refractivity (Wildman–Crippen MR) is 107 cm³/mol. The topological polar surface area (TPSA) is 60.1 Å². The SMILES string of the molecule is CC(C)c1c(C(=O)N[C@@H](C)CCc2ccco2)cnn1-c1cccc(Cl)c1. The third kappa shape index (κ3) is 4.61. The van der Waals surface area contributed by atoms with E-state index in [0.29, 0.717) is 10.6 Å². The van der Waals surface area contributed by atoms with Crippen LogP contribution in [0.3, 0.4) is 0 Å². The van der Waals surface area contributed by atoms with E-state index >= 15 is 0 Å². The van der Waals surface area contributed by atoms with E-state index < -0.39 is 0 Å². The fourth-order valence-corrected chi connectivity index (χ4v) is 3.27. The first-order valence-electron chi connectivity index (χ1n) is 9.12. The standard InChI is InChI=1S/C21H24ClN3O2/c1-14(2)20-19(13-23-25(20)17-7-4-6-16(22)12-17)21(26)24-15(3)9-10-18-8-5-11-27-18/h4-8,11-15H,9-10H2,1-3H3,(H,24,26)/t15-/m0/s1. The summed E-state index contributed by atoms with van der Waals surface area (Å²) in [6.45, 7) is 6.10. The Morgan fingerprint density at radius 3 is 2.74 bits per heavy atom. The predicted octanol–water partition coefficient (Wildman–Crippen LogP) is 4.99. The second-order valence-electron chi connectivity index (χ2n) is 6.98.